The van der Waals surface area contributed by atoms with Gasteiger partial charge < -0.3 is 10.6 Å². The van der Waals surface area contributed by atoms with Crippen molar-refractivity contribution in [2.45, 2.75) is 19.5 Å². The van der Waals surface area contributed by atoms with Gasteiger partial charge in [0.15, 0.2) is 5.96 Å². The number of aryl methyl sites for hydroxylation is 1. The monoisotopic (exact) mass is 450 g/mol. The van der Waals surface area contributed by atoms with Crippen LogP contribution in [0, 0.1) is 0 Å². The molecule has 0 aliphatic heterocycles. The maximum atomic E-state index is 4.49. The largest absolute Gasteiger partial charge is 0.356 e. The molecule has 0 unspecified atom stereocenters. The number of fused-ring (bicyclic) bond motifs is 1. The number of guanidine groups is 1. The molecule has 2 N–H and O–H groups in total. The summed E-state index contributed by atoms with van der Waals surface area (Å²) < 4.78 is 1.93. The minimum atomic E-state index is 0. The Morgan fingerprint density at radius 2 is 2.00 bits per heavy atom. The van der Waals surface area contributed by atoms with E-state index in [-0.39, 0.29) is 24.0 Å². The van der Waals surface area contributed by atoms with E-state index in [1.54, 1.807) is 13.2 Å². The molecule has 0 fully saturated rings. The summed E-state index contributed by atoms with van der Waals surface area (Å²) in [6.45, 7) is 2.37. The lowest BCUT2D eigenvalue weighted by Gasteiger charge is -2.12. The molecule has 0 bridgehead atoms. The predicted molar refractivity (Wildman–Crippen MR) is 112 cm³/mol. The number of aromatic nitrogens is 3. The molecule has 0 aliphatic rings. The van der Waals surface area contributed by atoms with Crippen molar-refractivity contribution < 1.29 is 0 Å². The molecule has 3 rings (SSSR count). The molecule has 7 heteroatoms. The zero-order valence-electron chi connectivity index (χ0n) is 14.2. The summed E-state index contributed by atoms with van der Waals surface area (Å²) in [6.07, 6.45) is 6.60. The Kier molecular flexibility index (Phi) is 7.65. The number of hydrogen-bond acceptors (Lipinski definition) is 3. The van der Waals surface area contributed by atoms with Crippen LogP contribution in [0.15, 0.2) is 60.0 Å². The Bertz CT molecular complexity index is 795. The van der Waals surface area contributed by atoms with E-state index in [0.29, 0.717) is 6.54 Å². The lowest BCUT2D eigenvalue weighted by molar-refractivity contribution is 0.570. The average molecular weight is 450 g/mol. The molecule has 0 atom stereocenters. The molecule has 0 saturated carbocycles. The number of halogens is 1. The highest BCUT2D eigenvalue weighted by Gasteiger charge is 2.03. The van der Waals surface area contributed by atoms with Gasteiger partial charge >= 0.3 is 0 Å². The molecule has 3 aromatic rings. The first-order valence-electron chi connectivity index (χ1n) is 8.11. The smallest absolute Gasteiger partial charge is 0.191 e. The van der Waals surface area contributed by atoms with Gasteiger partial charge in [0.2, 0.25) is 0 Å². The van der Waals surface area contributed by atoms with Gasteiger partial charge in [-0.15, -0.1) is 24.0 Å². The molecule has 2 heterocycles. The second kappa shape index (κ2) is 9.97. The van der Waals surface area contributed by atoms with Crippen molar-refractivity contribution in [3.8, 4) is 0 Å². The maximum Gasteiger partial charge on any atom is 0.191 e. The summed E-state index contributed by atoms with van der Waals surface area (Å²) >= 11 is 0. The van der Waals surface area contributed by atoms with E-state index in [9.17, 15) is 0 Å². The maximum absolute atomic E-state index is 4.49. The molecule has 0 spiro atoms. The standard InChI is InChI=1S/C18H22N6.HI/c1-19-18(21-9-4-12-24-13-5-10-23-24)22-14-17-16-7-3-2-6-15(16)8-11-20-17;/h2-3,5-8,10-11,13H,4,9,12,14H2,1H3,(H2,19,21,22);1H. The fourth-order valence-corrected chi connectivity index (χ4v) is 2.59. The highest BCUT2D eigenvalue weighted by Crippen LogP contribution is 2.15. The van der Waals surface area contributed by atoms with Crippen molar-refractivity contribution in [3.05, 3.63) is 60.7 Å². The van der Waals surface area contributed by atoms with Gasteiger partial charge in [-0.1, -0.05) is 24.3 Å². The quantitative estimate of drug-likeness (QED) is 0.262. The molecule has 2 aromatic heterocycles. The number of rotatable bonds is 6. The van der Waals surface area contributed by atoms with Crippen LogP contribution in [0.25, 0.3) is 10.8 Å². The Morgan fingerprint density at radius 1 is 1.12 bits per heavy atom. The van der Waals surface area contributed by atoms with Gasteiger partial charge in [-0.25, -0.2) is 0 Å². The average Bonchev–Trinajstić information content (AvgIpc) is 3.14. The van der Waals surface area contributed by atoms with Crippen LogP contribution in [-0.4, -0.2) is 34.3 Å². The molecular formula is C18H23IN6. The molecule has 1 aromatic carbocycles. The molecule has 0 amide bonds. The minimum absolute atomic E-state index is 0. The summed E-state index contributed by atoms with van der Waals surface area (Å²) in [5, 5.41) is 13.2. The Balaban J connectivity index is 0.00000225. The van der Waals surface area contributed by atoms with Crippen molar-refractivity contribution in [2.75, 3.05) is 13.6 Å². The third kappa shape index (κ3) is 5.42. The highest BCUT2D eigenvalue weighted by molar-refractivity contribution is 14.0. The number of nitrogens with zero attached hydrogens (tertiary/aromatic N) is 4. The lowest BCUT2D eigenvalue weighted by atomic mass is 10.1. The van der Waals surface area contributed by atoms with Crippen molar-refractivity contribution in [3.63, 3.8) is 0 Å². The van der Waals surface area contributed by atoms with E-state index in [0.717, 1.165) is 31.2 Å². The number of benzene rings is 1. The van der Waals surface area contributed by atoms with Crippen molar-refractivity contribution in [1.29, 1.82) is 0 Å². The first-order chi connectivity index (χ1) is 11.9. The summed E-state index contributed by atoms with van der Waals surface area (Å²) in [7, 11) is 1.78. The van der Waals surface area contributed by atoms with Gasteiger partial charge in [0.25, 0.3) is 0 Å². The van der Waals surface area contributed by atoms with E-state index in [1.807, 2.05) is 41.3 Å². The fraction of sp³-hybridized carbons (Fsp3) is 0.278. The third-order valence-corrected chi connectivity index (χ3v) is 3.82. The highest BCUT2D eigenvalue weighted by atomic mass is 127. The van der Waals surface area contributed by atoms with E-state index in [4.69, 9.17) is 0 Å². The molecule has 132 valence electrons. The molecule has 0 aliphatic carbocycles. The Hall–Kier alpha value is -2.16. The van der Waals surface area contributed by atoms with Crippen LogP contribution in [0.2, 0.25) is 0 Å². The fourth-order valence-electron chi connectivity index (χ4n) is 2.59. The summed E-state index contributed by atoms with van der Waals surface area (Å²) in [6, 6.07) is 12.2. The van der Waals surface area contributed by atoms with Crippen LogP contribution in [-0.2, 0) is 13.1 Å². The van der Waals surface area contributed by atoms with Gasteiger partial charge in [-0.05, 0) is 23.9 Å². The van der Waals surface area contributed by atoms with Crippen molar-refractivity contribution >= 4 is 40.7 Å². The van der Waals surface area contributed by atoms with Gasteiger partial charge in [-0.3, -0.25) is 14.7 Å². The van der Waals surface area contributed by atoms with Crippen LogP contribution < -0.4 is 10.6 Å². The SMILES string of the molecule is CN=C(NCCCn1cccn1)NCc1nccc2ccccc12.I. The summed E-state index contributed by atoms with van der Waals surface area (Å²) in [5.74, 6) is 0.783. The number of pyridine rings is 1. The topological polar surface area (TPSA) is 67.1 Å². The van der Waals surface area contributed by atoms with Crippen LogP contribution in [0.3, 0.4) is 0 Å². The number of aliphatic imine (C=N–C) groups is 1. The first-order valence-corrected chi connectivity index (χ1v) is 8.11. The molecule has 25 heavy (non-hydrogen) atoms. The number of hydrogen-bond donors (Lipinski definition) is 2. The predicted octanol–water partition coefficient (Wildman–Crippen LogP) is 2.80. The summed E-state index contributed by atoms with van der Waals surface area (Å²) in [4.78, 5) is 8.75. The van der Waals surface area contributed by atoms with Gasteiger partial charge in [0, 0.05) is 44.1 Å². The van der Waals surface area contributed by atoms with Crippen molar-refractivity contribution in [1.82, 2.24) is 25.4 Å². The van der Waals surface area contributed by atoms with Gasteiger partial charge in [-0.2, -0.15) is 5.10 Å². The van der Waals surface area contributed by atoms with Crippen molar-refractivity contribution in [2.24, 2.45) is 4.99 Å². The second-order valence-electron chi connectivity index (χ2n) is 5.45. The van der Waals surface area contributed by atoms with Crippen LogP contribution in [0.1, 0.15) is 12.1 Å². The Morgan fingerprint density at radius 3 is 2.80 bits per heavy atom. The molecule has 0 radical (unpaired) electrons. The molecular weight excluding hydrogens is 427 g/mol. The minimum Gasteiger partial charge on any atom is -0.356 e. The zero-order chi connectivity index (χ0) is 16.6. The normalized spacial score (nSPS) is 11.2. The van der Waals surface area contributed by atoms with Crippen LogP contribution >= 0.6 is 24.0 Å². The number of nitrogens with one attached hydrogen (secondary N) is 2. The molecule has 0 saturated heterocycles. The van der Waals surface area contributed by atoms with Gasteiger partial charge in [0.1, 0.15) is 0 Å². The zero-order valence-corrected chi connectivity index (χ0v) is 16.6. The van der Waals surface area contributed by atoms with Gasteiger partial charge in [0.05, 0.1) is 12.2 Å². The first kappa shape index (κ1) is 19.2. The van der Waals surface area contributed by atoms with E-state index >= 15 is 0 Å². The van der Waals surface area contributed by atoms with Crippen LogP contribution in [0.4, 0.5) is 0 Å². The van der Waals surface area contributed by atoms with E-state index < -0.39 is 0 Å². The third-order valence-electron chi connectivity index (χ3n) is 3.82. The second-order valence-corrected chi connectivity index (χ2v) is 5.45. The lowest BCUT2D eigenvalue weighted by Crippen LogP contribution is -2.37. The van der Waals surface area contributed by atoms with E-state index in [1.165, 1.54) is 10.8 Å². The van der Waals surface area contributed by atoms with E-state index in [2.05, 4.69) is 37.8 Å². The van der Waals surface area contributed by atoms with Crippen LogP contribution in [0.5, 0.6) is 0 Å². The summed E-state index contributed by atoms with van der Waals surface area (Å²) in [5.41, 5.74) is 1.02. The molecule has 6 nitrogen and oxygen atoms in total. The Labute approximate surface area is 164 Å².